The van der Waals surface area contributed by atoms with Crippen molar-refractivity contribution in [3.05, 3.63) is 42.4 Å². The molecule has 0 saturated carbocycles. The Hall–Kier alpha value is -2.83. The molecule has 0 aliphatic rings. The minimum atomic E-state index is -0.649. The number of carbonyl (C=O) groups excluding carboxylic acids is 2. The predicted octanol–water partition coefficient (Wildman–Crippen LogP) is 1.41. The van der Waals surface area contributed by atoms with Gasteiger partial charge in [-0.2, -0.15) is 0 Å². The van der Waals surface area contributed by atoms with Gasteiger partial charge in [0.25, 0.3) is 5.91 Å². The number of imidazole rings is 1. The van der Waals surface area contributed by atoms with Crippen LogP contribution < -0.4 is 15.8 Å². The summed E-state index contributed by atoms with van der Waals surface area (Å²) < 4.78 is 7.13. The number of nitrogens with two attached hydrogens (primary N) is 1. The van der Waals surface area contributed by atoms with Gasteiger partial charge in [-0.3, -0.25) is 9.59 Å². The van der Waals surface area contributed by atoms with Crippen molar-refractivity contribution in [2.45, 2.75) is 19.9 Å². The Balaban J connectivity index is 2.04. The van der Waals surface area contributed by atoms with Gasteiger partial charge in [0.2, 0.25) is 5.91 Å². The average molecular weight is 302 g/mol. The zero-order valence-electron chi connectivity index (χ0n) is 12.3. The Kier molecular flexibility index (Phi) is 5.13. The van der Waals surface area contributed by atoms with Gasteiger partial charge in [-0.05, 0) is 12.1 Å². The Morgan fingerprint density at radius 1 is 1.32 bits per heavy atom. The van der Waals surface area contributed by atoms with Crippen LogP contribution in [0.3, 0.4) is 0 Å². The summed E-state index contributed by atoms with van der Waals surface area (Å²) >= 11 is 0. The van der Waals surface area contributed by atoms with Crippen molar-refractivity contribution in [2.24, 2.45) is 5.73 Å². The number of amides is 2. The van der Waals surface area contributed by atoms with Crippen LogP contribution in [0.4, 0.5) is 5.82 Å². The molecule has 7 heteroatoms. The summed E-state index contributed by atoms with van der Waals surface area (Å²) in [7, 11) is 0. The van der Waals surface area contributed by atoms with Gasteiger partial charge in [-0.25, -0.2) is 4.98 Å². The molecule has 1 aromatic carbocycles. The third-order valence-corrected chi connectivity index (χ3v) is 2.99. The number of aromatic nitrogens is 2. The molecule has 116 valence electrons. The summed E-state index contributed by atoms with van der Waals surface area (Å²) in [5.74, 6) is 0.0405. The maximum absolute atomic E-state index is 11.6. The molecular weight excluding hydrogens is 284 g/mol. The molecule has 0 atom stereocenters. The van der Waals surface area contributed by atoms with Gasteiger partial charge in [0.05, 0.1) is 12.9 Å². The first-order valence-corrected chi connectivity index (χ1v) is 6.94. The van der Waals surface area contributed by atoms with Crippen LogP contribution >= 0.6 is 0 Å². The maximum atomic E-state index is 11.6. The molecule has 0 bridgehead atoms. The number of hydrogen-bond donors (Lipinski definition) is 2. The van der Waals surface area contributed by atoms with Crippen molar-refractivity contribution < 1.29 is 14.3 Å². The van der Waals surface area contributed by atoms with E-state index in [0.717, 1.165) is 5.75 Å². The second kappa shape index (κ2) is 7.26. The van der Waals surface area contributed by atoms with E-state index in [2.05, 4.69) is 10.3 Å². The number of nitrogens with one attached hydrogen (secondary N) is 1. The number of primary amides is 1. The molecule has 3 N–H and O–H groups in total. The smallest absolute Gasteiger partial charge is 0.269 e. The van der Waals surface area contributed by atoms with Crippen LogP contribution in [-0.4, -0.2) is 28.0 Å². The van der Waals surface area contributed by atoms with Crippen LogP contribution in [0.2, 0.25) is 0 Å². The zero-order valence-corrected chi connectivity index (χ0v) is 12.3. The number of rotatable bonds is 7. The molecule has 0 fully saturated rings. The summed E-state index contributed by atoms with van der Waals surface area (Å²) in [6.07, 6.45) is 1.75. The molecule has 0 unspecified atom stereocenters. The number of carbonyl (C=O) groups is 2. The summed E-state index contributed by atoms with van der Waals surface area (Å²) in [6, 6.07) is 9.34. The largest absolute Gasteiger partial charge is 0.492 e. The molecule has 2 rings (SSSR count). The van der Waals surface area contributed by atoms with E-state index < -0.39 is 5.91 Å². The van der Waals surface area contributed by atoms with E-state index in [1.807, 2.05) is 30.3 Å². The Morgan fingerprint density at radius 2 is 2.05 bits per heavy atom. The van der Waals surface area contributed by atoms with E-state index in [-0.39, 0.29) is 17.4 Å². The van der Waals surface area contributed by atoms with Crippen molar-refractivity contribution in [3.8, 4) is 5.75 Å². The number of hydrogen-bond acceptors (Lipinski definition) is 4. The first-order valence-electron chi connectivity index (χ1n) is 6.94. The Bertz CT molecular complexity index is 652. The van der Waals surface area contributed by atoms with Crippen molar-refractivity contribution in [1.82, 2.24) is 9.55 Å². The number of benzene rings is 1. The minimum absolute atomic E-state index is 0.165. The molecule has 0 radical (unpaired) electrons. The minimum Gasteiger partial charge on any atom is -0.492 e. The van der Waals surface area contributed by atoms with E-state index in [0.29, 0.717) is 19.6 Å². The van der Waals surface area contributed by atoms with Crippen LogP contribution in [-0.2, 0) is 11.3 Å². The van der Waals surface area contributed by atoms with Gasteiger partial charge >= 0.3 is 0 Å². The molecule has 0 spiro atoms. The van der Waals surface area contributed by atoms with Crippen LogP contribution in [0.1, 0.15) is 23.8 Å². The predicted molar refractivity (Wildman–Crippen MR) is 81.6 cm³/mol. The summed E-state index contributed by atoms with van der Waals surface area (Å²) in [6.45, 7) is 2.45. The molecule has 1 aromatic heterocycles. The summed E-state index contributed by atoms with van der Waals surface area (Å²) in [4.78, 5) is 27.0. The SMILES string of the molecule is CCC(=O)Nc1ncn(CCOc2ccccc2)c1C(N)=O. The van der Waals surface area contributed by atoms with E-state index in [1.54, 1.807) is 11.5 Å². The molecule has 0 aliphatic heterocycles. The molecular formula is C15H18N4O3. The number of anilines is 1. The zero-order chi connectivity index (χ0) is 15.9. The lowest BCUT2D eigenvalue weighted by Crippen LogP contribution is -2.22. The van der Waals surface area contributed by atoms with E-state index in [1.165, 1.54) is 6.33 Å². The fourth-order valence-electron chi connectivity index (χ4n) is 1.90. The Morgan fingerprint density at radius 3 is 2.68 bits per heavy atom. The normalized spacial score (nSPS) is 10.2. The first-order chi connectivity index (χ1) is 10.6. The third kappa shape index (κ3) is 3.85. The number of para-hydroxylation sites is 1. The van der Waals surface area contributed by atoms with Gasteiger partial charge in [-0.15, -0.1) is 0 Å². The summed E-state index contributed by atoms with van der Waals surface area (Å²) in [5.41, 5.74) is 5.53. The Labute approximate surface area is 128 Å². The highest BCUT2D eigenvalue weighted by Gasteiger charge is 2.17. The third-order valence-electron chi connectivity index (χ3n) is 2.99. The molecule has 0 saturated heterocycles. The quantitative estimate of drug-likeness (QED) is 0.807. The first kappa shape index (κ1) is 15.6. The molecule has 0 aliphatic carbocycles. The van der Waals surface area contributed by atoms with E-state index >= 15 is 0 Å². The summed E-state index contributed by atoms with van der Waals surface area (Å²) in [5, 5.41) is 2.56. The van der Waals surface area contributed by atoms with E-state index in [4.69, 9.17) is 10.5 Å². The fourth-order valence-corrected chi connectivity index (χ4v) is 1.90. The topological polar surface area (TPSA) is 99.2 Å². The lowest BCUT2D eigenvalue weighted by atomic mass is 10.3. The van der Waals surface area contributed by atoms with Gasteiger partial charge < -0.3 is 20.4 Å². The van der Waals surface area contributed by atoms with Crippen molar-refractivity contribution in [3.63, 3.8) is 0 Å². The highest BCUT2D eigenvalue weighted by atomic mass is 16.5. The van der Waals surface area contributed by atoms with Crippen LogP contribution in [0.5, 0.6) is 5.75 Å². The highest BCUT2D eigenvalue weighted by molar-refractivity contribution is 6.00. The molecule has 22 heavy (non-hydrogen) atoms. The monoisotopic (exact) mass is 302 g/mol. The van der Waals surface area contributed by atoms with Crippen LogP contribution in [0, 0.1) is 0 Å². The second-order valence-corrected chi connectivity index (χ2v) is 4.56. The van der Waals surface area contributed by atoms with E-state index in [9.17, 15) is 9.59 Å². The lowest BCUT2D eigenvalue weighted by molar-refractivity contribution is -0.115. The van der Waals surface area contributed by atoms with Crippen molar-refractivity contribution >= 4 is 17.6 Å². The van der Waals surface area contributed by atoms with Gasteiger partial charge in [-0.1, -0.05) is 25.1 Å². The highest BCUT2D eigenvalue weighted by Crippen LogP contribution is 2.14. The molecule has 2 amide bonds. The van der Waals surface area contributed by atoms with Gasteiger partial charge in [0.1, 0.15) is 12.4 Å². The second-order valence-electron chi connectivity index (χ2n) is 4.56. The van der Waals surface area contributed by atoms with Gasteiger partial charge in [0.15, 0.2) is 11.5 Å². The number of nitrogens with zero attached hydrogens (tertiary/aromatic N) is 2. The molecule has 1 heterocycles. The fraction of sp³-hybridized carbons (Fsp3) is 0.267. The van der Waals surface area contributed by atoms with Crippen LogP contribution in [0.15, 0.2) is 36.7 Å². The van der Waals surface area contributed by atoms with Crippen molar-refractivity contribution in [1.29, 1.82) is 0 Å². The lowest BCUT2D eigenvalue weighted by Gasteiger charge is -2.09. The number of ether oxygens (including phenoxy) is 1. The van der Waals surface area contributed by atoms with Gasteiger partial charge in [0, 0.05) is 6.42 Å². The molecule has 7 nitrogen and oxygen atoms in total. The molecule has 2 aromatic rings. The van der Waals surface area contributed by atoms with Crippen molar-refractivity contribution in [2.75, 3.05) is 11.9 Å². The van der Waals surface area contributed by atoms with Crippen LogP contribution in [0.25, 0.3) is 0 Å². The average Bonchev–Trinajstić information content (AvgIpc) is 2.91. The maximum Gasteiger partial charge on any atom is 0.269 e. The standard InChI is InChI=1S/C15H18N4O3/c1-2-12(20)18-15-13(14(16)21)19(10-17-15)8-9-22-11-6-4-3-5-7-11/h3-7,10H,2,8-9H2,1H3,(H2,16,21)(H,18,20).